The van der Waals surface area contributed by atoms with Gasteiger partial charge in [0.2, 0.25) is 10.0 Å². The van der Waals surface area contributed by atoms with Crippen molar-refractivity contribution in [1.82, 2.24) is 4.31 Å². The van der Waals surface area contributed by atoms with Gasteiger partial charge in [-0.2, -0.15) is 17.5 Å². The van der Waals surface area contributed by atoms with Gasteiger partial charge in [0.05, 0.1) is 10.5 Å². The van der Waals surface area contributed by atoms with Gasteiger partial charge in [0.15, 0.2) is 0 Å². The van der Waals surface area contributed by atoms with Crippen LogP contribution in [0.4, 0.5) is 24.5 Å². The van der Waals surface area contributed by atoms with E-state index in [-0.39, 0.29) is 29.2 Å². The minimum Gasteiger partial charge on any atom is -0.369 e. The largest absolute Gasteiger partial charge is 0.416 e. The normalized spacial score (nSPS) is 15.2. The Morgan fingerprint density at radius 1 is 0.824 bits per heavy atom. The number of hydrogen-bond donors (Lipinski definition) is 1. The predicted molar refractivity (Wildman–Crippen MR) is 123 cm³/mol. The molecule has 3 aromatic carbocycles. The van der Waals surface area contributed by atoms with Crippen LogP contribution in [0.5, 0.6) is 0 Å². The third-order valence-corrected chi connectivity index (χ3v) is 7.44. The smallest absolute Gasteiger partial charge is 0.369 e. The Morgan fingerprint density at radius 3 is 2.18 bits per heavy atom. The summed E-state index contributed by atoms with van der Waals surface area (Å²) in [6, 6.07) is 19.4. The van der Waals surface area contributed by atoms with E-state index < -0.39 is 27.7 Å². The summed E-state index contributed by atoms with van der Waals surface area (Å²) < 4.78 is 66.5. The summed E-state index contributed by atoms with van der Waals surface area (Å²) in [4.78, 5) is 14.7. The quantitative estimate of drug-likeness (QED) is 0.574. The predicted octanol–water partition coefficient (Wildman–Crippen LogP) is 4.47. The third-order valence-electron chi connectivity index (χ3n) is 5.54. The molecule has 0 bridgehead atoms. The van der Waals surface area contributed by atoms with Crippen LogP contribution in [-0.4, -0.2) is 44.8 Å². The molecule has 0 saturated carbocycles. The summed E-state index contributed by atoms with van der Waals surface area (Å²) in [6.07, 6.45) is -4.54. The fraction of sp³-hybridized carbons (Fsp3) is 0.208. The average molecular weight is 490 g/mol. The molecule has 1 heterocycles. The number of benzene rings is 3. The number of halogens is 3. The highest BCUT2D eigenvalue weighted by Gasteiger charge is 2.31. The number of amides is 1. The number of anilines is 2. The highest BCUT2D eigenvalue weighted by molar-refractivity contribution is 7.89. The van der Waals surface area contributed by atoms with Crippen LogP contribution in [0.2, 0.25) is 0 Å². The van der Waals surface area contributed by atoms with Gasteiger partial charge >= 0.3 is 6.18 Å². The standard InChI is InChI=1S/C24H22F3N3O3S/c25-24(26,27)19-7-5-8-20(17-19)28-23(31)18-6-4-11-22(16-18)34(32,33)30-14-12-29(13-15-30)21-9-2-1-3-10-21/h1-11,16-17H,12-15H2,(H,28,31). The molecule has 0 radical (unpaired) electrons. The zero-order chi connectivity index (χ0) is 24.3. The second kappa shape index (κ2) is 9.47. The topological polar surface area (TPSA) is 69.7 Å². The van der Waals surface area contributed by atoms with Crippen LogP contribution in [0.3, 0.4) is 0 Å². The van der Waals surface area contributed by atoms with E-state index in [0.29, 0.717) is 13.1 Å². The molecule has 1 N–H and O–H groups in total. The fourth-order valence-electron chi connectivity index (χ4n) is 3.75. The zero-order valence-electron chi connectivity index (χ0n) is 18.0. The lowest BCUT2D eigenvalue weighted by Gasteiger charge is -2.35. The monoisotopic (exact) mass is 489 g/mol. The molecule has 34 heavy (non-hydrogen) atoms. The third kappa shape index (κ3) is 5.23. The van der Waals surface area contributed by atoms with E-state index in [4.69, 9.17) is 0 Å². The molecule has 0 unspecified atom stereocenters. The molecule has 1 aliphatic heterocycles. The van der Waals surface area contributed by atoms with Crippen molar-refractivity contribution >= 4 is 27.3 Å². The number of nitrogens with one attached hydrogen (secondary N) is 1. The summed E-state index contributed by atoms with van der Waals surface area (Å²) in [6.45, 7) is 1.63. The van der Waals surface area contributed by atoms with Gasteiger partial charge in [-0.1, -0.05) is 30.3 Å². The molecule has 0 spiro atoms. The van der Waals surface area contributed by atoms with Crippen LogP contribution >= 0.6 is 0 Å². The molecule has 0 aliphatic carbocycles. The zero-order valence-corrected chi connectivity index (χ0v) is 18.8. The van der Waals surface area contributed by atoms with Gasteiger partial charge in [-0.05, 0) is 48.5 Å². The number of alkyl halides is 3. The van der Waals surface area contributed by atoms with Gasteiger partial charge in [0, 0.05) is 43.1 Å². The van der Waals surface area contributed by atoms with Crippen LogP contribution < -0.4 is 10.2 Å². The van der Waals surface area contributed by atoms with E-state index in [1.165, 1.54) is 40.7 Å². The number of carbonyl (C=O) groups is 1. The van der Waals surface area contributed by atoms with Gasteiger partial charge in [-0.3, -0.25) is 4.79 Å². The molecule has 0 atom stereocenters. The lowest BCUT2D eigenvalue weighted by molar-refractivity contribution is -0.137. The molecule has 4 rings (SSSR count). The number of sulfonamides is 1. The maximum atomic E-state index is 13.2. The van der Waals surface area contributed by atoms with E-state index in [1.54, 1.807) is 0 Å². The van der Waals surface area contributed by atoms with Crippen molar-refractivity contribution in [2.45, 2.75) is 11.1 Å². The Morgan fingerprint density at radius 2 is 1.50 bits per heavy atom. The second-order valence-corrected chi connectivity index (χ2v) is 9.73. The number of para-hydroxylation sites is 1. The molecule has 178 valence electrons. The summed E-state index contributed by atoms with van der Waals surface area (Å²) in [5, 5.41) is 2.40. The van der Waals surface area contributed by atoms with Crippen molar-refractivity contribution in [3.8, 4) is 0 Å². The first-order valence-corrected chi connectivity index (χ1v) is 12.0. The van der Waals surface area contributed by atoms with Gasteiger partial charge in [0.25, 0.3) is 5.91 Å². The number of nitrogens with zero attached hydrogens (tertiary/aromatic N) is 2. The Labute approximate surface area is 195 Å². The Balaban J connectivity index is 1.47. The molecule has 0 aromatic heterocycles. The summed E-state index contributed by atoms with van der Waals surface area (Å²) in [7, 11) is -3.84. The number of piperazine rings is 1. The summed E-state index contributed by atoms with van der Waals surface area (Å²) >= 11 is 0. The molecular weight excluding hydrogens is 467 g/mol. The first-order chi connectivity index (χ1) is 16.1. The molecular formula is C24H22F3N3O3S. The highest BCUT2D eigenvalue weighted by atomic mass is 32.2. The minimum absolute atomic E-state index is 0.0291. The van der Waals surface area contributed by atoms with E-state index in [2.05, 4.69) is 10.2 Å². The van der Waals surface area contributed by atoms with Crippen LogP contribution in [0.15, 0.2) is 83.8 Å². The van der Waals surface area contributed by atoms with Crippen molar-refractivity contribution in [1.29, 1.82) is 0 Å². The maximum Gasteiger partial charge on any atom is 0.416 e. The first-order valence-electron chi connectivity index (χ1n) is 10.5. The van der Waals surface area contributed by atoms with Crippen molar-refractivity contribution in [2.24, 2.45) is 0 Å². The maximum absolute atomic E-state index is 13.2. The molecule has 1 aliphatic rings. The van der Waals surface area contributed by atoms with Crippen molar-refractivity contribution in [2.75, 3.05) is 36.4 Å². The van der Waals surface area contributed by atoms with Crippen LogP contribution in [0, 0.1) is 0 Å². The number of hydrogen-bond acceptors (Lipinski definition) is 4. The Kier molecular flexibility index (Phi) is 6.63. The van der Waals surface area contributed by atoms with Gasteiger partial charge in [-0.25, -0.2) is 8.42 Å². The van der Waals surface area contributed by atoms with E-state index in [1.807, 2.05) is 30.3 Å². The Hall–Kier alpha value is -3.37. The van der Waals surface area contributed by atoms with Crippen molar-refractivity contribution in [3.63, 3.8) is 0 Å². The molecule has 6 nitrogen and oxygen atoms in total. The van der Waals surface area contributed by atoms with Crippen molar-refractivity contribution < 1.29 is 26.4 Å². The van der Waals surface area contributed by atoms with E-state index in [0.717, 1.165) is 17.8 Å². The second-order valence-electron chi connectivity index (χ2n) is 7.79. The molecule has 1 saturated heterocycles. The number of rotatable bonds is 5. The molecule has 1 fully saturated rings. The molecule has 10 heteroatoms. The van der Waals surface area contributed by atoms with Gasteiger partial charge in [0.1, 0.15) is 0 Å². The Bertz CT molecular complexity index is 1270. The lowest BCUT2D eigenvalue weighted by Crippen LogP contribution is -2.48. The van der Waals surface area contributed by atoms with Crippen LogP contribution in [0.1, 0.15) is 15.9 Å². The minimum atomic E-state index is -4.54. The summed E-state index contributed by atoms with van der Waals surface area (Å²) in [5.74, 6) is -0.703. The molecule has 3 aromatic rings. The summed E-state index contributed by atoms with van der Waals surface area (Å²) in [5.41, 5.74) is 0.121. The lowest BCUT2D eigenvalue weighted by atomic mass is 10.1. The van der Waals surface area contributed by atoms with Crippen molar-refractivity contribution in [3.05, 3.63) is 90.0 Å². The van der Waals surface area contributed by atoms with Gasteiger partial charge < -0.3 is 10.2 Å². The van der Waals surface area contributed by atoms with E-state index >= 15 is 0 Å². The van der Waals surface area contributed by atoms with Crippen LogP contribution in [0.25, 0.3) is 0 Å². The van der Waals surface area contributed by atoms with E-state index in [9.17, 15) is 26.4 Å². The fourth-order valence-corrected chi connectivity index (χ4v) is 5.22. The number of carbonyl (C=O) groups excluding carboxylic acids is 1. The molecule has 1 amide bonds. The van der Waals surface area contributed by atoms with Crippen LogP contribution in [-0.2, 0) is 16.2 Å². The SMILES string of the molecule is O=C(Nc1cccc(C(F)(F)F)c1)c1cccc(S(=O)(=O)N2CCN(c3ccccc3)CC2)c1. The highest BCUT2D eigenvalue weighted by Crippen LogP contribution is 2.31. The van der Waals surface area contributed by atoms with Gasteiger partial charge in [-0.15, -0.1) is 0 Å². The average Bonchev–Trinajstić information content (AvgIpc) is 2.84. The first kappa shape index (κ1) is 23.8.